The van der Waals surface area contributed by atoms with Crippen LogP contribution in [0, 0.1) is 0 Å². The molecule has 0 aromatic carbocycles. The zero-order valence-corrected chi connectivity index (χ0v) is 54.8. The molecule has 0 amide bonds. The SMILES string of the molecule is CC/C=C\C/C=C\C/C=C\C/C=C\C/C=C\C/C=C\CCCCCCCCCCCCC(=O)OCC(COC(=O)CCCCCCCCCCCCCCCCC)OC(=O)CCCCCCCCCCCCCCCCCCCCCC. The fourth-order valence-electron chi connectivity index (χ4n) is 10.6. The van der Waals surface area contributed by atoms with Gasteiger partial charge in [-0.2, -0.15) is 0 Å². The summed E-state index contributed by atoms with van der Waals surface area (Å²) < 4.78 is 17.0. The first-order valence-electron chi connectivity index (χ1n) is 35.9. The second-order valence-electron chi connectivity index (χ2n) is 24.1. The summed E-state index contributed by atoms with van der Waals surface area (Å²) >= 11 is 0. The molecule has 6 nitrogen and oxygen atoms in total. The maximum Gasteiger partial charge on any atom is 0.306 e. The molecule has 0 saturated heterocycles. The van der Waals surface area contributed by atoms with Gasteiger partial charge >= 0.3 is 17.9 Å². The second kappa shape index (κ2) is 70.3. The Morgan fingerprint density at radius 1 is 0.256 bits per heavy atom. The highest BCUT2D eigenvalue weighted by Crippen LogP contribution is 2.18. The lowest BCUT2D eigenvalue weighted by molar-refractivity contribution is -0.167. The van der Waals surface area contributed by atoms with Crippen LogP contribution in [0.1, 0.15) is 374 Å². The molecule has 0 radical (unpaired) electrons. The van der Waals surface area contributed by atoms with E-state index in [0.29, 0.717) is 19.3 Å². The smallest absolute Gasteiger partial charge is 0.306 e. The lowest BCUT2D eigenvalue weighted by Crippen LogP contribution is -2.30. The van der Waals surface area contributed by atoms with Gasteiger partial charge in [-0.15, -0.1) is 0 Å². The fraction of sp³-hybridized carbons (Fsp3) is 0.803. The number of esters is 3. The molecular weight excluding hydrogens is 1010 g/mol. The number of unbranched alkanes of at least 4 members (excludes halogenated alkanes) is 43. The van der Waals surface area contributed by atoms with Gasteiger partial charge in [0, 0.05) is 19.3 Å². The van der Waals surface area contributed by atoms with Crippen LogP contribution in [-0.2, 0) is 28.6 Å². The van der Waals surface area contributed by atoms with E-state index in [-0.39, 0.29) is 31.1 Å². The van der Waals surface area contributed by atoms with Gasteiger partial charge in [-0.25, -0.2) is 0 Å². The van der Waals surface area contributed by atoms with E-state index in [4.69, 9.17) is 14.2 Å². The number of carbonyl (C=O) groups is 3. The summed E-state index contributed by atoms with van der Waals surface area (Å²) in [6.45, 7) is 6.59. The van der Waals surface area contributed by atoms with E-state index >= 15 is 0 Å². The van der Waals surface area contributed by atoms with Gasteiger partial charge in [-0.3, -0.25) is 14.4 Å². The lowest BCUT2D eigenvalue weighted by atomic mass is 10.0. The molecule has 1 unspecified atom stereocenters. The Kier molecular flexibility index (Phi) is 67.6. The number of allylic oxidation sites excluding steroid dienone is 12. The van der Waals surface area contributed by atoms with Crippen LogP contribution in [0.3, 0.4) is 0 Å². The van der Waals surface area contributed by atoms with Crippen LogP contribution in [0.15, 0.2) is 72.9 Å². The average molecular weight is 1150 g/mol. The van der Waals surface area contributed by atoms with Crippen molar-refractivity contribution in [3.8, 4) is 0 Å². The fourth-order valence-corrected chi connectivity index (χ4v) is 10.6. The number of hydrogen-bond donors (Lipinski definition) is 0. The van der Waals surface area contributed by atoms with Crippen LogP contribution in [-0.4, -0.2) is 37.2 Å². The molecule has 476 valence electrons. The van der Waals surface area contributed by atoms with Crippen molar-refractivity contribution in [1.29, 1.82) is 0 Å². The molecule has 82 heavy (non-hydrogen) atoms. The van der Waals surface area contributed by atoms with E-state index in [1.165, 1.54) is 238 Å². The average Bonchev–Trinajstić information content (AvgIpc) is 3.47. The number of hydrogen-bond acceptors (Lipinski definition) is 6. The Morgan fingerprint density at radius 2 is 0.476 bits per heavy atom. The highest BCUT2D eigenvalue weighted by Gasteiger charge is 2.19. The van der Waals surface area contributed by atoms with Crippen molar-refractivity contribution in [1.82, 2.24) is 0 Å². The van der Waals surface area contributed by atoms with Crippen molar-refractivity contribution in [2.45, 2.75) is 380 Å². The van der Waals surface area contributed by atoms with E-state index in [0.717, 1.165) is 96.3 Å². The van der Waals surface area contributed by atoms with Crippen molar-refractivity contribution >= 4 is 17.9 Å². The molecule has 0 fully saturated rings. The first-order valence-corrected chi connectivity index (χ1v) is 35.9. The quantitative estimate of drug-likeness (QED) is 0.0261. The van der Waals surface area contributed by atoms with Crippen LogP contribution in [0.5, 0.6) is 0 Å². The van der Waals surface area contributed by atoms with Gasteiger partial charge in [0.1, 0.15) is 13.2 Å². The van der Waals surface area contributed by atoms with Crippen LogP contribution in [0.2, 0.25) is 0 Å². The van der Waals surface area contributed by atoms with Gasteiger partial charge in [0.2, 0.25) is 0 Å². The summed E-state index contributed by atoms with van der Waals surface area (Å²) in [7, 11) is 0. The standard InChI is InChI=1S/C76H136O6/c1-4-7-10-13-16-19-22-25-28-30-32-34-35-36-37-38-39-40-41-42-44-45-48-51-54-57-60-63-66-69-75(78)81-72-73(71-80-74(77)68-65-62-59-56-53-50-47-27-24-21-18-15-12-9-6-3)82-76(79)70-67-64-61-58-55-52-49-46-43-33-31-29-26-23-20-17-14-11-8-5-2/h7,10,16,19,25,28,32,34,36-37,39-40,73H,4-6,8-9,11-15,17-18,20-24,26-27,29-31,33,35,38,41-72H2,1-3H3/b10-7-,19-16-,28-25-,34-32-,37-36-,40-39-. The predicted molar refractivity (Wildman–Crippen MR) is 358 cm³/mol. The summed E-state index contributed by atoms with van der Waals surface area (Å²) in [5, 5.41) is 0. The molecule has 6 heteroatoms. The zero-order valence-electron chi connectivity index (χ0n) is 54.8. The molecule has 0 saturated carbocycles. The number of ether oxygens (including phenoxy) is 3. The molecule has 0 heterocycles. The van der Waals surface area contributed by atoms with Gasteiger partial charge < -0.3 is 14.2 Å². The second-order valence-corrected chi connectivity index (χ2v) is 24.1. The van der Waals surface area contributed by atoms with Crippen LogP contribution in [0.4, 0.5) is 0 Å². The Hall–Kier alpha value is -3.15. The molecule has 0 aliphatic carbocycles. The monoisotopic (exact) mass is 1150 g/mol. The van der Waals surface area contributed by atoms with Gasteiger partial charge in [0.15, 0.2) is 6.10 Å². The summed E-state index contributed by atoms with van der Waals surface area (Å²) in [4.78, 5) is 38.5. The van der Waals surface area contributed by atoms with E-state index in [2.05, 4.69) is 93.7 Å². The zero-order chi connectivity index (χ0) is 59.2. The van der Waals surface area contributed by atoms with E-state index in [9.17, 15) is 14.4 Å². The molecular formula is C76H136O6. The van der Waals surface area contributed by atoms with Gasteiger partial charge in [0.05, 0.1) is 0 Å². The van der Waals surface area contributed by atoms with E-state index in [1.807, 2.05) is 0 Å². The lowest BCUT2D eigenvalue weighted by Gasteiger charge is -2.18. The molecule has 0 aliphatic rings. The van der Waals surface area contributed by atoms with E-state index < -0.39 is 6.10 Å². The first-order chi connectivity index (χ1) is 40.5. The molecule has 0 rings (SSSR count). The van der Waals surface area contributed by atoms with Crippen LogP contribution >= 0.6 is 0 Å². The minimum atomic E-state index is -0.775. The van der Waals surface area contributed by atoms with Crippen molar-refractivity contribution in [2.75, 3.05) is 13.2 Å². The minimum absolute atomic E-state index is 0.0701. The first kappa shape index (κ1) is 78.8. The molecule has 0 N–H and O–H groups in total. The number of carbonyl (C=O) groups excluding carboxylic acids is 3. The largest absolute Gasteiger partial charge is 0.462 e. The van der Waals surface area contributed by atoms with Gasteiger partial charge in [-0.05, 0) is 70.6 Å². The summed E-state index contributed by atoms with van der Waals surface area (Å²) in [6.07, 6.45) is 92.1. The van der Waals surface area contributed by atoms with Crippen molar-refractivity contribution in [3.05, 3.63) is 72.9 Å². The molecule has 0 aromatic rings. The molecule has 0 aromatic heterocycles. The Balaban J connectivity index is 4.28. The highest BCUT2D eigenvalue weighted by molar-refractivity contribution is 5.71. The third kappa shape index (κ3) is 67.6. The molecule has 1 atom stereocenters. The third-order valence-corrected chi connectivity index (χ3v) is 16.0. The Labute approximate surface area is 510 Å². The maximum atomic E-state index is 13.0. The van der Waals surface area contributed by atoms with Crippen molar-refractivity contribution in [3.63, 3.8) is 0 Å². The van der Waals surface area contributed by atoms with Gasteiger partial charge in [-0.1, -0.05) is 357 Å². The molecule has 0 spiro atoms. The van der Waals surface area contributed by atoms with E-state index in [1.54, 1.807) is 0 Å². The summed E-state index contributed by atoms with van der Waals surface area (Å²) in [6, 6.07) is 0. The minimum Gasteiger partial charge on any atom is -0.462 e. The van der Waals surface area contributed by atoms with Crippen LogP contribution in [0.25, 0.3) is 0 Å². The van der Waals surface area contributed by atoms with Crippen molar-refractivity contribution < 1.29 is 28.6 Å². The normalized spacial score (nSPS) is 12.5. The van der Waals surface area contributed by atoms with Crippen LogP contribution < -0.4 is 0 Å². The molecule has 0 aliphatic heterocycles. The van der Waals surface area contributed by atoms with Gasteiger partial charge in [0.25, 0.3) is 0 Å². The highest BCUT2D eigenvalue weighted by atomic mass is 16.6. The maximum absolute atomic E-state index is 13.0. The summed E-state index contributed by atoms with van der Waals surface area (Å²) in [5.74, 6) is -0.848. The molecule has 0 bridgehead atoms. The Bertz CT molecular complexity index is 1500. The van der Waals surface area contributed by atoms with Crippen molar-refractivity contribution in [2.24, 2.45) is 0 Å². The third-order valence-electron chi connectivity index (χ3n) is 16.0. The predicted octanol–water partition coefficient (Wildman–Crippen LogP) is 24.8. The topological polar surface area (TPSA) is 78.9 Å². The Morgan fingerprint density at radius 3 is 0.744 bits per heavy atom. The number of rotatable bonds is 66. The summed E-state index contributed by atoms with van der Waals surface area (Å²) in [5.41, 5.74) is 0.